The molecule has 1 aromatic carbocycles. The maximum absolute atomic E-state index is 11.6. The summed E-state index contributed by atoms with van der Waals surface area (Å²) < 4.78 is 0. The molecule has 3 N–H and O–H groups in total. The molecule has 1 saturated carbocycles. The summed E-state index contributed by atoms with van der Waals surface area (Å²) >= 11 is 0. The van der Waals surface area contributed by atoms with Crippen LogP contribution in [0.5, 0.6) is 0 Å². The summed E-state index contributed by atoms with van der Waals surface area (Å²) in [4.78, 5) is 11.6. The molecule has 2 rings (SSSR count). The molecule has 16 heavy (non-hydrogen) atoms. The summed E-state index contributed by atoms with van der Waals surface area (Å²) in [6.07, 6.45) is 2.51. The Labute approximate surface area is 96.0 Å². The van der Waals surface area contributed by atoms with E-state index in [2.05, 4.69) is 24.4 Å². The Morgan fingerprint density at radius 2 is 2.12 bits per heavy atom. The number of hydrogen-bond acceptors (Lipinski definition) is 2. The topological polar surface area (TPSA) is 55.1 Å². The molecule has 0 bridgehead atoms. The van der Waals surface area contributed by atoms with Crippen LogP contribution in [0.1, 0.15) is 24.0 Å². The van der Waals surface area contributed by atoms with Crippen LogP contribution in [0, 0.1) is 6.92 Å². The van der Waals surface area contributed by atoms with E-state index in [-0.39, 0.29) is 5.91 Å². The highest BCUT2D eigenvalue weighted by atomic mass is 16.2. The van der Waals surface area contributed by atoms with E-state index >= 15 is 0 Å². The number of nitrogens with two attached hydrogens (primary N) is 1. The van der Waals surface area contributed by atoms with Gasteiger partial charge < -0.3 is 11.1 Å². The number of benzene rings is 1. The van der Waals surface area contributed by atoms with Crippen molar-refractivity contribution in [1.29, 1.82) is 0 Å². The molecule has 1 aliphatic rings. The largest absolute Gasteiger partial charge is 0.354 e. The van der Waals surface area contributed by atoms with Gasteiger partial charge in [0.1, 0.15) is 0 Å². The fourth-order valence-electron chi connectivity index (χ4n) is 1.74. The number of aryl methyl sites for hydroxylation is 1. The molecule has 1 fully saturated rings. The molecule has 0 radical (unpaired) electrons. The van der Waals surface area contributed by atoms with Gasteiger partial charge in [0.2, 0.25) is 5.91 Å². The summed E-state index contributed by atoms with van der Waals surface area (Å²) in [6, 6.07) is 8.23. The van der Waals surface area contributed by atoms with Gasteiger partial charge in [0.15, 0.2) is 0 Å². The highest BCUT2D eigenvalue weighted by Gasteiger charge is 2.45. The number of carbonyl (C=O) groups is 1. The molecule has 0 aromatic heterocycles. The Bertz CT molecular complexity index is 397. The lowest BCUT2D eigenvalue weighted by Gasteiger charge is -2.10. The molecular weight excluding hydrogens is 200 g/mol. The zero-order valence-electron chi connectivity index (χ0n) is 9.62. The van der Waals surface area contributed by atoms with Gasteiger partial charge >= 0.3 is 0 Å². The Kier molecular flexibility index (Phi) is 2.97. The highest BCUT2D eigenvalue weighted by molar-refractivity contribution is 5.88. The van der Waals surface area contributed by atoms with Crippen LogP contribution in [-0.2, 0) is 11.2 Å². The second-order valence-corrected chi connectivity index (χ2v) is 4.59. The first-order valence-electron chi connectivity index (χ1n) is 5.73. The van der Waals surface area contributed by atoms with Gasteiger partial charge in [-0.3, -0.25) is 4.79 Å². The molecule has 86 valence electrons. The van der Waals surface area contributed by atoms with Crippen molar-refractivity contribution >= 4 is 5.91 Å². The summed E-state index contributed by atoms with van der Waals surface area (Å²) in [6.45, 7) is 2.76. The Hall–Kier alpha value is -1.35. The maximum Gasteiger partial charge on any atom is 0.240 e. The summed E-state index contributed by atoms with van der Waals surface area (Å²) in [7, 11) is 0. The van der Waals surface area contributed by atoms with Gasteiger partial charge in [0, 0.05) is 6.54 Å². The molecule has 1 aliphatic carbocycles. The predicted molar refractivity (Wildman–Crippen MR) is 64.0 cm³/mol. The minimum Gasteiger partial charge on any atom is -0.354 e. The van der Waals surface area contributed by atoms with E-state index in [1.807, 2.05) is 12.1 Å². The van der Waals surface area contributed by atoms with Crippen molar-refractivity contribution in [1.82, 2.24) is 5.32 Å². The molecule has 1 aromatic rings. The molecular formula is C13H18N2O. The fraction of sp³-hybridized carbons (Fsp3) is 0.462. The number of rotatable bonds is 4. The molecule has 3 heteroatoms. The van der Waals surface area contributed by atoms with Crippen molar-refractivity contribution in [3.63, 3.8) is 0 Å². The molecule has 0 unspecified atom stereocenters. The first-order valence-corrected chi connectivity index (χ1v) is 5.73. The van der Waals surface area contributed by atoms with Crippen LogP contribution in [0.25, 0.3) is 0 Å². The van der Waals surface area contributed by atoms with Crippen LogP contribution in [0.4, 0.5) is 0 Å². The van der Waals surface area contributed by atoms with Crippen LogP contribution >= 0.6 is 0 Å². The van der Waals surface area contributed by atoms with E-state index < -0.39 is 5.54 Å². The van der Waals surface area contributed by atoms with E-state index in [1.54, 1.807) is 0 Å². The van der Waals surface area contributed by atoms with Crippen molar-refractivity contribution < 1.29 is 4.79 Å². The first kappa shape index (κ1) is 11.1. The van der Waals surface area contributed by atoms with Gasteiger partial charge in [-0.1, -0.05) is 24.3 Å². The smallest absolute Gasteiger partial charge is 0.240 e. The van der Waals surface area contributed by atoms with Crippen molar-refractivity contribution in [3.8, 4) is 0 Å². The molecule has 0 atom stereocenters. The van der Waals surface area contributed by atoms with Crippen LogP contribution in [-0.4, -0.2) is 18.0 Å². The van der Waals surface area contributed by atoms with Crippen LogP contribution < -0.4 is 11.1 Å². The van der Waals surface area contributed by atoms with Crippen LogP contribution in [0.15, 0.2) is 24.3 Å². The van der Waals surface area contributed by atoms with Crippen molar-refractivity contribution in [2.75, 3.05) is 6.54 Å². The average molecular weight is 218 g/mol. The minimum absolute atomic E-state index is 0.00100. The average Bonchev–Trinajstić information content (AvgIpc) is 3.01. The molecule has 0 spiro atoms. The van der Waals surface area contributed by atoms with Crippen LogP contribution in [0.2, 0.25) is 0 Å². The van der Waals surface area contributed by atoms with E-state index in [4.69, 9.17) is 5.73 Å². The van der Waals surface area contributed by atoms with Gasteiger partial charge in [-0.15, -0.1) is 0 Å². The second kappa shape index (κ2) is 4.26. The van der Waals surface area contributed by atoms with E-state index in [0.717, 1.165) is 19.3 Å². The number of amides is 1. The van der Waals surface area contributed by atoms with Crippen LogP contribution in [0.3, 0.4) is 0 Å². The second-order valence-electron chi connectivity index (χ2n) is 4.59. The summed E-state index contributed by atoms with van der Waals surface area (Å²) in [5, 5.41) is 2.90. The zero-order chi connectivity index (χ0) is 11.6. The summed E-state index contributed by atoms with van der Waals surface area (Å²) in [5.41, 5.74) is 7.79. The minimum atomic E-state index is -0.550. The van der Waals surface area contributed by atoms with Gasteiger partial charge in [0.05, 0.1) is 5.54 Å². The van der Waals surface area contributed by atoms with Gasteiger partial charge in [-0.25, -0.2) is 0 Å². The Morgan fingerprint density at radius 1 is 1.44 bits per heavy atom. The molecule has 3 nitrogen and oxygen atoms in total. The molecule has 1 amide bonds. The van der Waals surface area contributed by atoms with Crippen molar-refractivity contribution in [3.05, 3.63) is 35.4 Å². The SMILES string of the molecule is Cc1ccccc1CCNC(=O)C1(N)CC1. The normalized spacial score (nSPS) is 16.9. The molecule has 0 saturated heterocycles. The standard InChI is InChI=1S/C13H18N2O/c1-10-4-2-3-5-11(10)6-9-15-12(16)13(14)7-8-13/h2-5H,6-9,14H2,1H3,(H,15,16). The lowest BCUT2D eigenvalue weighted by Crippen LogP contribution is -2.43. The first-order chi connectivity index (χ1) is 7.62. The third-order valence-corrected chi connectivity index (χ3v) is 3.18. The van der Waals surface area contributed by atoms with E-state index in [1.165, 1.54) is 11.1 Å². The maximum atomic E-state index is 11.6. The predicted octanol–water partition coefficient (Wildman–Crippen LogP) is 1.15. The Morgan fingerprint density at radius 3 is 2.75 bits per heavy atom. The number of nitrogens with one attached hydrogen (secondary N) is 1. The van der Waals surface area contributed by atoms with E-state index in [0.29, 0.717) is 6.54 Å². The Balaban J connectivity index is 1.80. The third-order valence-electron chi connectivity index (χ3n) is 3.18. The highest BCUT2D eigenvalue weighted by Crippen LogP contribution is 2.31. The zero-order valence-corrected chi connectivity index (χ0v) is 9.62. The quantitative estimate of drug-likeness (QED) is 0.796. The van der Waals surface area contributed by atoms with Crippen molar-refractivity contribution in [2.24, 2.45) is 5.73 Å². The van der Waals surface area contributed by atoms with Gasteiger partial charge in [0.25, 0.3) is 0 Å². The van der Waals surface area contributed by atoms with Gasteiger partial charge in [-0.2, -0.15) is 0 Å². The monoisotopic (exact) mass is 218 g/mol. The van der Waals surface area contributed by atoms with Crippen molar-refractivity contribution in [2.45, 2.75) is 31.7 Å². The number of hydrogen-bond donors (Lipinski definition) is 2. The third kappa shape index (κ3) is 2.42. The summed E-state index contributed by atoms with van der Waals surface area (Å²) in [5.74, 6) is 0.00100. The van der Waals surface area contributed by atoms with E-state index in [9.17, 15) is 4.79 Å². The number of carbonyl (C=O) groups excluding carboxylic acids is 1. The fourth-order valence-corrected chi connectivity index (χ4v) is 1.74. The molecule has 0 heterocycles. The van der Waals surface area contributed by atoms with Gasteiger partial charge in [-0.05, 0) is 37.3 Å². The lowest BCUT2D eigenvalue weighted by molar-refractivity contribution is -0.123. The lowest BCUT2D eigenvalue weighted by atomic mass is 10.1. The molecule has 0 aliphatic heterocycles.